The van der Waals surface area contributed by atoms with E-state index in [0.717, 1.165) is 23.6 Å². The van der Waals surface area contributed by atoms with Crippen LogP contribution in [0.5, 0.6) is 11.5 Å². The Hall–Kier alpha value is -2.60. The minimum absolute atomic E-state index is 0.234. The van der Waals surface area contributed by atoms with E-state index in [9.17, 15) is 4.79 Å². The molecule has 6 heteroatoms. The van der Waals surface area contributed by atoms with Crippen LogP contribution < -0.4 is 20.1 Å². The van der Waals surface area contributed by atoms with E-state index < -0.39 is 0 Å². The van der Waals surface area contributed by atoms with Gasteiger partial charge >= 0.3 is 0 Å². The fourth-order valence-corrected chi connectivity index (χ4v) is 2.34. The first kappa shape index (κ1) is 19.7. The Bertz CT molecular complexity index is 728. The molecule has 0 spiro atoms. The molecule has 0 saturated heterocycles. The van der Waals surface area contributed by atoms with Crippen molar-refractivity contribution < 1.29 is 14.3 Å². The second kappa shape index (κ2) is 9.77. The van der Waals surface area contributed by atoms with Crippen LogP contribution in [-0.4, -0.2) is 24.7 Å². The minimum Gasteiger partial charge on any atom is -0.497 e. The highest BCUT2D eigenvalue weighted by Gasteiger charge is 2.08. The van der Waals surface area contributed by atoms with Gasteiger partial charge in [0.1, 0.15) is 11.5 Å². The largest absolute Gasteiger partial charge is 0.497 e. The summed E-state index contributed by atoms with van der Waals surface area (Å²) in [7, 11) is 1.61. The van der Waals surface area contributed by atoms with Crippen molar-refractivity contribution in [1.82, 2.24) is 5.32 Å². The third-order valence-corrected chi connectivity index (χ3v) is 3.86. The summed E-state index contributed by atoms with van der Waals surface area (Å²) in [4.78, 5) is 12.3. The predicted octanol–water partition coefficient (Wildman–Crippen LogP) is 4.25. The Kier molecular flexibility index (Phi) is 7.41. The number of methoxy groups -OCH3 is 1. The number of hydrogen-bond donors (Lipinski definition) is 2. The number of benzene rings is 2. The van der Waals surface area contributed by atoms with Crippen LogP contribution in [-0.2, 0) is 0 Å². The smallest absolute Gasteiger partial charge is 0.257 e. The van der Waals surface area contributed by atoms with E-state index in [1.807, 2.05) is 24.3 Å². The molecule has 0 saturated carbocycles. The van der Waals surface area contributed by atoms with Gasteiger partial charge in [0, 0.05) is 11.3 Å². The Morgan fingerprint density at radius 1 is 1.04 bits per heavy atom. The van der Waals surface area contributed by atoms with Crippen molar-refractivity contribution >= 4 is 28.9 Å². The lowest BCUT2D eigenvalue weighted by atomic mass is 10.1. The lowest BCUT2D eigenvalue weighted by Crippen LogP contribution is -2.34. The molecule has 0 bridgehead atoms. The molecule has 26 heavy (non-hydrogen) atoms. The molecule has 2 aromatic carbocycles. The number of hydrogen-bond acceptors (Lipinski definition) is 4. The van der Waals surface area contributed by atoms with E-state index in [0.29, 0.717) is 18.1 Å². The number of amides is 1. The first-order valence-corrected chi connectivity index (χ1v) is 8.88. The predicted molar refractivity (Wildman–Crippen MR) is 108 cm³/mol. The van der Waals surface area contributed by atoms with Crippen LogP contribution >= 0.6 is 12.2 Å². The number of anilines is 1. The summed E-state index contributed by atoms with van der Waals surface area (Å²) in [5, 5.41) is 5.86. The molecule has 0 aliphatic carbocycles. The van der Waals surface area contributed by atoms with Gasteiger partial charge in [0.05, 0.1) is 13.7 Å². The normalized spacial score (nSPS) is 10.3. The summed E-state index contributed by atoms with van der Waals surface area (Å²) in [6.45, 7) is 4.97. The monoisotopic (exact) mass is 372 g/mol. The fourth-order valence-electron chi connectivity index (χ4n) is 2.13. The summed E-state index contributed by atoms with van der Waals surface area (Å²) < 4.78 is 10.8. The number of carbonyl (C=O) groups is 1. The molecule has 0 radical (unpaired) electrons. The van der Waals surface area contributed by atoms with Gasteiger partial charge in [-0.1, -0.05) is 13.8 Å². The average Bonchev–Trinajstić information content (AvgIpc) is 2.62. The summed E-state index contributed by atoms with van der Waals surface area (Å²) in [6, 6.07) is 14.3. The zero-order valence-corrected chi connectivity index (χ0v) is 16.1. The summed E-state index contributed by atoms with van der Waals surface area (Å²) in [5.41, 5.74) is 1.28. The van der Waals surface area contributed by atoms with E-state index in [-0.39, 0.29) is 11.0 Å². The molecule has 5 nitrogen and oxygen atoms in total. The quantitative estimate of drug-likeness (QED) is 0.712. The number of thiocarbonyl (C=S) groups is 1. The Labute approximate surface area is 159 Å². The first-order chi connectivity index (χ1) is 12.5. The molecule has 2 N–H and O–H groups in total. The second-order valence-corrected chi connectivity index (χ2v) is 6.60. The molecule has 0 aromatic heterocycles. The van der Waals surface area contributed by atoms with Crippen LogP contribution in [0, 0.1) is 5.92 Å². The van der Waals surface area contributed by atoms with E-state index in [4.69, 9.17) is 21.7 Å². The van der Waals surface area contributed by atoms with E-state index in [1.54, 1.807) is 31.4 Å². The molecule has 1 amide bonds. The summed E-state index contributed by atoms with van der Waals surface area (Å²) >= 11 is 5.18. The lowest BCUT2D eigenvalue weighted by Gasteiger charge is -2.11. The average molecular weight is 372 g/mol. The number of nitrogens with one attached hydrogen (secondary N) is 2. The van der Waals surface area contributed by atoms with Crippen molar-refractivity contribution in [3.63, 3.8) is 0 Å². The van der Waals surface area contributed by atoms with Crippen LogP contribution in [0.3, 0.4) is 0 Å². The maximum atomic E-state index is 12.3. The van der Waals surface area contributed by atoms with Gasteiger partial charge in [0.25, 0.3) is 5.91 Å². The standard InChI is InChI=1S/C20H24N2O3S/c1-14(2)12-13-25-18-8-4-15(5-9-18)19(23)22-20(26)21-16-6-10-17(24-3)11-7-16/h4-11,14H,12-13H2,1-3H3,(H2,21,22,23,26). The van der Waals surface area contributed by atoms with Crippen LogP contribution in [0.2, 0.25) is 0 Å². The first-order valence-electron chi connectivity index (χ1n) is 8.47. The maximum Gasteiger partial charge on any atom is 0.257 e. The molecule has 2 rings (SSSR count). The van der Waals surface area contributed by atoms with E-state index in [2.05, 4.69) is 24.5 Å². The van der Waals surface area contributed by atoms with Gasteiger partial charge < -0.3 is 14.8 Å². The van der Waals surface area contributed by atoms with Crippen LogP contribution in [0.15, 0.2) is 48.5 Å². The van der Waals surface area contributed by atoms with Crippen molar-refractivity contribution in [3.8, 4) is 11.5 Å². The van der Waals surface area contributed by atoms with Gasteiger partial charge in [-0.2, -0.15) is 0 Å². The second-order valence-electron chi connectivity index (χ2n) is 6.19. The van der Waals surface area contributed by atoms with Gasteiger partial charge in [-0.25, -0.2) is 0 Å². The van der Waals surface area contributed by atoms with Gasteiger partial charge in [-0.15, -0.1) is 0 Å². The van der Waals surface area contributed by atoms with Crippen molar-refractivity contribution in [1.29, 1.82) is 0 Å². The highest BCUT2D eigenvalue weighted by molar-refractivity contribution is 7.80. The molecule has 138 valence electrons. The van der Waals surface area contributed by atoms with E-state index >= 15 is 0 Å². The third kappa shape index (κ3) is 6.37. The third-order valence-electron chi connectivity index (χ3n) is 3.66. The highest BCUT2D eigenvalue weighted by atomic mass is 32.1. The molecular weight excluding hydrogens is 348 g/mol. The Balaban J connectivity index is 1.84. The summed E-state index contributed by atoms with van der Waals surface area (Å²) in [5.74, 6) is 1.83. The topological polar surface area (TPSA) is 59.6 Å². The minimum atomic E-state index is -0.273. The van der Waals surface area contributed by atoms with Crippen molar-refractivity contribution in [2.24, 2.45) is 5.92 Å². The number of ether oxygens (including phenoxy) is 2. The van der Waals surface area contributed by atoms with Crippen molar-refractivity contribution in [2.75, 3.05) is 19.0 Å². The number of carbonyl (C=O) groups excluding carboxylic acids is 1. The van der Waals surface area contributed by atoms with Crippen molar-refractivity contribution in [3.05, 3.63) is 54.1 Å². The molecule has 0 heterocycles. The molecular formula is C20H24N2O3S. The van der Waals surface area contributed by atoms with Crippen molar-refractivity contribution in [2.45, 2.75) is 20.3 Å². The van der Waals surface area contributed by atoms with Crippen LogP contribution in [0.25, 0.3) is 0 Å². The number of rotatable bonds is 7. The SMILES string of the molecule is COc1ccc(NC(=S)NC(=O)c2ccc(OCCC(C)C)cc2)cc1. The molecule has 2 aromatic rings. The van der Waals surface area contributed by atoms with Gasteiger partial charge in [0.2, 0.25) is 0 Å². The zero-order valence-electron chi connectivity index (χ0n) is 15.2. The zero-order chi connectivity index (χ0) is 18.9. The Morgan fingerprint density at radius 2 is 1.65 bits per heavy atom. The molecule has 0 atom stereocenters. The Morgan fingerprint density at radius 3 is 2.23 bits per heavy atom. The molecule has 0 aliphatic rings. The molecule has 0 aliphatic heterocycles. The highest BCUT2D eigenvalue weighted by Crippen LogP contribution is 2.15. The fraction of sp³-hybridized carbons (Fsp3) is 0.300. The maximum absolute atomic E-state index is 12.3. The molecule has 0 unspecified atom stereocenters. The molecule has 0 fully saturated rings. The van der Waals surface area contributed by atoms with Gasteiger partial charge in [-0.3, -0.25) is 10.1 Å². The lowest BCUT2D eigenvalue weighted by molar-refractivity contribution is 0.0977. The van der Waals surface area contributed by atoms with Gasteiger partial charge in [-0.05, 0) is 73.1 Å². The van der Waals surface area contributed by atoms with Crippen LogP contribution in [0.4, 0.5) is 5.69 Å². The van der Waals surface area contributed by atoms with E-state index in [1.165, 1.54) is 0 Å². The summed E-state index contributed by atoms with van der Waals surface area (Å²) in [6.07, 6.45) is 0.994. The van der Waals surface area contributed by atoms with Crippen LogP contribution in [0.1, 0.15) is 30.6 Å². The van der Waals surface area contributed by atoms with Gasteiger partial charge in [0.15, 0.2) is 5.11 Å².